The molecular formula is C9H20N2O. The minimum Gasteiger partial charge on any atom is -0.385 e. The highest BCUT2D eigenvalue weighted by molar-refractivity contribution is 4.85. The van der Waals surface area contributed by atoms with Gasteiger partial charge < -0.3 is 15.8 Å². The second kappa shape index (κ2) is 5.51. The van der Waals surface area contributed by atoms with Crippen molar-refractivity contribution in [3.05, 3.63) is 0 Å². The Morgan fingerprint density at radius 3 is 2.92 bits per heavy atom. The topological polar surface area (TPSA) is 47.3 Å². The molecule has 0 amide bonds. The molecule has 0 heterocycles. The van der Waals surface area contributed by atoms with E-state index in [0.29, 0.717) is 12.1 Å². The van der Waals surface area contributed by atoms with E-state index in [2.05, 4.69) is 5.32 Å². The Labute approximate surface area is 74.7 Å². The maximum Gasteiger partial charge on any atom is 0.0474 e. The molecule has 72 valence electrons. The SMILES string of the molecule is COCCCN[C@H]1CCC[C@H]1N. The Kier molecular flexibility index (Phi) is 4.58. The van der Waals surface area contributed by atoms with Crippen LogP contribution in [0.5, 0.6) is 0 Å². The van der Waals surface area contributed by atoms with E-state index in [1.165, 1.54) is 19.3 Å². The van der Waals surface area contributed by atoms with Gasteiger partial charge in [-0.05, 0) is 25.8 Å². The molecule has 0 saturated heterocycles. The number of ether oxygens (including phenoxy) is 1. The molecule has 0 unspecified atom stereocenters. The predicted octanol–water partition coefficient (Wildman–Crippen LogP) is 0.492. The van der Waals surface area contributed by atoms with E-state index in [-0.39, 0.29) is 0 Å². The molecule has 1 fully saturated rings. The Balaban J connectivity index is 1.98. The monoisotopic (exact) mass is 172 g/mol. The second-order valence-corrected chi connectivity index (χ2v) is 3.50. The summed E-state index contributed by atoms with van der Waals surface area (Å²) in [6, 6.07) is 0.939. The highest BCUT2D eigenvalue weighted by Gasteiger charge is 2.22. The van der Waals surface area contributed by atoms with Gasteiger partial charge in [0.2, 0.25) is 0 Å². The molecule has 0 spiro atoms. The molecule has 0 aromatic carbocycles. The Morgan fingerprint density at radius 2 is 2.33 bits per heavy atom. The van der Waals surface area contributed by atoms with Crippen LogP contribution in [0.2, 0.25) is 0 Å². The van der Waals surface area contributed by atoms with Crippen molar-refractivity contribution in [3.8, 4) is 0 Å². The lowest BCUT2D eigenvalue weighted by Crippen LogP contribution is -2.41. The first-order chi connectivity index (χ1) is 5.84. The molecule has 2 atom stereocenters. The molecule has 1 aliphatic carbocycles. The lowest BCUT2D eigenvalue weighted by atomic mass is 10.2. The van der Waals surface area contributed by atoms with Crippen LogP contribution in [-0.4, -0.2) is 32.3 Å². The lowest BCUT2D eigenvalue weighted by Gasteiger charge is -2.16. The Hall–Kier alpha value is -0.120. The molecule has 3 N–H and O–H groups in total. The fraction of sp³-hybridized carbons (Fsp3) is 1.00. The molecule has 0 aromatic rings. The Bertz CT molecular complexity index is 119. The fourth-order valence-corrected chi connectivity index (χ4v) is 1.75. The van der Waals surface area contributed by atoms with Gasteiger partial charge in [-0.3, -0.25) is 0 Å². The third-order valence-corrected chi connectivity index (χ3v) is 2.50. The molecule has 0 aliphatic heterocycles. The molecule has 12 heavy (non-hydrogen) atoms. The zero-order valence-electron chi connectivity index (χ0n) is 7.88. The Morgan fingerprint density at radius 1 is 1.50 bits per heavy atom. The quantitative estimate of drug-likeness (QED) is 0.593. The highest BCUT2D eigenvalue weighted by Crippen LogP contribution is 2.16. The minimum atomic E-state index is 0.382. The number of rotatable bonds is 5. The molecular weight excluding hydrogens is 152 g/mol. The summed E-state index contributed by atoms with van der Waals surface area (Å²) in [4.78, 5) is 0. The molecule has 1 saturated carbocycles. The summed E-state index contributed by atoms with van der Waals surface area (Å²) in [5.41, 5.74) is 5.90. The van der Waals surface area contributed by atoms with Gasteiger partial charge in [-0.2, -0.15) is 0 Å². The number of hydrogen-bond donors (Lipinski definition) is 2. The summed E-state index contributed by atoms with van der Waals surface area (Å²) in [7, 11) is 1.74. The summed E-state index contributed by atoms with van der Waals surface area (Å²) in [6.07, 6.45) is 4.79. The summed E-state index contributed by atoms with van der Waals surface area (Å²) in [6.45, 7) is 1.88. The van der Waals surface area contributed by atoms with Crippen LogP contribution in [0.25, 0.3) is 0 Å². The predicted molar refractivity (Wildman–Crippen MR) is 50.1 cm³/mol. The minimum absolute atomic E-state index is 0.382. The van der Waals surface area contributed by atoms with E-state index in [4.69, 9.17) is 10.5 Å². The first-order valence-electron chi connectivity index (χ1n) is 4.82. The standard InChI is InChI=1S/C9H20N2O/c1-12-7-3-6-11-9-5-2-4-8(9)10/h8-9,11H,2-7,10H2,1H3/t8-,9+/m1/s1. The average molecular weight is 172 g/mol. The van der Waals surface area contributed by atoms with Crippen LogP contribution >= 0.6 is 0 Å². The lowest BCUT2D eigenvalue weighted by molar-refractivity contribution is 0.193. The van der Waals surface area contributed by atoms with Gasteiger partial charge in [0, 0.05) is 25.8 Å². The van der Waals surface area contributed by atoms with Crippen LogP contribution in [0.15, 0.2) is 0 Å². The van der Waals surface area contributed by atoms with E-state index in [1.807, 2.05) is 0 Å². The number of nitrogens with one attached hydrogen (secondary N) is 1. The van der Waals surface area contributed by atoms with Gasteiger partial charge in [0.1, 0.15) is 0 Å². The summed E-state index contributed by atoms with van der Waals surface area (Å²) in [5, 5.41) is 3.46. The van der Waals surface area contributed by atoms with Crippen molar-refractivity contribution in [2.45, 2.75) is 37.8 Å². The van der Waals surface area contributed by atoms with Crippen LogP contribution in [0.3, 0.4) is 0 Å². The van der Waals surface area contributed by atoms with Crippen molar-refractivity contribution in [3.63, 3.8) is 0 Å². The molecule has 1 aliphatic rings. The average Bonchev–Trinajstić information content (AvgIpc) is 2.46. The second-order valence-electron chi connectivity index (χ2n) is 3.50. The first kappa shape index (κ1) is 9.96. The van der Waals surface area contributed by atoms with Crippen LogP contribution in [0.1, 0.15) is 25.7 Å². The normalized spacial score (nSPS) is 29.5. The first-order valence-corrected chi connectivity index (χ1v) is 4.82. The van der Waals surface area contributed by atoms with E-state index in [9.17, 15) is 0 Å². The van der Waals surface area contributed by atoms with Gasteiger partial charge in [-0.25, -0.2) is 0 Å². The third-order valence-electron chi connectivity index (χ3n) is 2.50. The van der Waals surface area contributed by atoms with E-state index < -0.39 is 0 Å². The molecule has 3 nitrogen and oxygen atoms in total. The van der Waals surface area contributed by atoms with Crippen molar-refractivity contribution in [1.82, 2.24) is 5.32 Å². The third kappa shape index (κ3) is 3.09. The molecule has 0 aromatic heterocycles. The van der Waals surface area contributed by atoms with Crippen LogP contribution < -0.4 is 11.1 Å². The fourth-order valence-electron chi connectivity index (χ4n) is 1.75. The maximum absolute atomic E-state index is 5.90. The van der Waals surface area contributed by atoms with Gasteiger partial charge >= 0.3 is 0 Å². The zero-order chi connectivity index (χ0) is 8.81. The number of methoxy groups -OCH3 is 1. The zero-order valence-corrected chi connectivity index (χ0v) is 7.88. The summed E-state index contributed by atoms with van der Waals surface area (Å²) in [5.74, 6) is 0. The number of nitrogens with two attached hydrogens (primary N) is 1. The van der Waals surface area contributed by atoms with Crippen molar-refractivity contribution in [1.29, 1.82) is 0 Å². The van der Waals surface area contributed by atoms with E-state index in [0.717, 1.165) is 19.6 Å². The van der Waals surface area contributed by atoms with Crippen LogP contribution in [0, 0.1) is 0 Å². The van der Waals surface area contributed by atoms with Crippen molar-refractivity contribution in [2.75, 3.05) is 20.3 Å². The molecule has 3 heteroatoms. The molecule has 0 bridgehead atoms. The van der Waals surface area contributed by atoms with E-state index in [1.54, 1.807) is 7.11 Å². The van der Waals surface area contributed by atoms with Crippen molar-refractivity contribution in [2.24, 2.45) is 5.73 Å². The smallest absolute Gasteiger partial charge is 0.0474 e. The molecule has 0 radical (unpaired) electrons. The van der Waals surface area contributed by atoms with Gasteiger partial charge in [0.25, 0.3) is 0 Å². The van der Waals surface area contributed by atoms with Gasteiger partial charge in [0.15, 0.2) is 0 Å². The van der Waals surface area contributed by atoms with Crippen LogP contribution in [-0.2, 0) is 4.74 Å². The van der Waals surface area contributed by atoms with Crippen molar-refractivity contribution < 1.29 is 4.74 Å². The largest absolute Gasteiger partial charge is 0.385 e. The van der Waals surface area contributed by atoms with Gasteiger partial charge in [0.05, 0.1) is 0 Å². The van der Waals surface area contributed by atoms with Gasteiger partial charge in [-0.15, -0.1) is 0 Å². The summed E-state index contributed by atoms with van der Waals surface area (Å²) >= 11 is 0. The van der Waals surface area contributed by atoms with Crippen LogP contribution in [0.4, 0.5) is 0 Å². The van der Waals surface area contributed by atoms with Gasteiger partial charge in [-0.1, -0.05) is 6.42 Å². The number of hydrogen-bond acceptors (Lipinski definition) is 3. The van der Waals surface area contributed by atoms with E-state index >= 15 is 0 Å². The highest BCUT2D eigenvalue weighted by atomic mass is 16.5. The maximum atomic E-state index is 5.90. The van der Waals surface area contributed by atoms with Crippen molar-refractivity contribution >= 4 is 0 Å². The molecule has 1 rings (SSSR count). The summed E-state index contributed by atoms with van der Waals surface area (Å²) < 4.78 is 4.96.